The van der Waals surface area contributed by atoms with E-state index in [1.54, 1.807) is 5.57 Å². The van der Waals surface area contributed by atoms with Gasteiger partial charge in [0.25, 0.3) is 0 Å². The molecule has 1 N–H and O–H groups in total. The summed E-state index contributed by atoms with van der Waals surface area (Å²) in [6.07, 6.45) is 12.0. The average molecular weight is 531 g/mol. The first-order chi connectivity index (χ1) is 17.5. The molecule has 0 spiro atoms. The fourth-order valence-corrected chi connectivity index (χ4v) is 6.79. The molecule has 37 heavy (non-hydrogen) atoms. The first kappa shape index (κ1) is 26.0. The van der Waals surface area contributed by atoms with Crippen LogP contribution in [0.1, 0.15) is 78.7 Å². The van der Waals surface area contributed by atoms with Crippen molar-refractivity contribution >= 4 is 21.6 Å². The van der Waals surface area contributed by atoms with Crippen LogP contribution in [0.25, 0.3) is 16.7 Å². The minimum atomic E-state index is -5.84. The molecule has 4 nitrogen and oxygen atoms in total. The lowest BCUT2D eigenvalue weighted by molar-refractivity contribution is -0.0510. The van der Waals surface area contributed by atoms with E-state index in [2.05, 4.69) is 49.3 Å². The molecular weight excluding hydrogens is 501 g/mol. The molecule has 0 amide bonds. The van der Waals surface area contributed by atoms with Crippen molar-refractivity contribution in [1.82, 2.24) is 0 Å². The van der Waals surface area contributed by atoms with Gasteiger partial charge in [-0.25, -0.2) is 4.79 Å². The fraction of sp³-hybridized carbons (Fsp3) is 0.448. The van der Waals surface area contributed by atoms with E-state index < -0.39 is 15.6 Å². The zero-order chi connectivity index (χ0) is 26.5. The molecule has 8 heteroatoms. The normalized spacial score (nSPS) is 24.1. The van der Waals surface area contributed by atoms with Crippen LogP contribution in [0.5, 0.6) is 0 Å². The predicted octanol–water partition coefficient (Wildman–Crippen LogP) is 7.19. The second kappa shape index (κ2) is 9.57. The third-order valence-corrected chi connectivity index (χ3v) is 9.03. The lowest BCUT2D eigenvalue weighted by atomic mass is 9.74. The van der Waals surface area contributed by atoms with Crippen molar-refractivity contribution in [1.29, 1.82) is 0 Å². The fourth-order valence-electron chi connectivity index (χ4n) is 6.79. The van der Waals surface area contributed by atoms with Crippen molar-refractivity contribution in [2.24, 2.45) is 11.8 Å². The molecule has 0 radical (unpaired) electrons. The van der Waals surface area contributed by atoms with Crippen LogP contribution in [-0.4, -0.2) is 24.4 Å². The Kier molecular flexibility index (Phi) is 6.71. The second-order valence-corrected chi connectivity index (χ2v) is 12.0. The molecule has 2 aromatic rings. The molecule has 6 rings (SSSR count). The maximum atomic E-state index is 11.8. The van der Waals surface area contributed by atoms with E-state index in [0.717, 1.165) is 43.1 Å². The molecule has 2 aromatic carbocycles. The van der Waals surface area contributed by atoms with E-state index in [1.807, 2.05) is 0 Å². The van der Waals surface area contributed by atoms with Gasteiger partial charge in [0.05, 0.1) is 0 Å². The molecule has 2 fully saturated rings. The molecule has 4 aliphatic rings. The summed E-state index contributed by atoms with van der Waals surface area (Å²) in [5.41, 5.74) is 7.20. The predicted molar refractivity (Wildman–Crippen MR) is 136 cm³/mol. The van der Waals surface area contributed by atoms with Gasteiger partial charge in [-0.3, -0.25) is 4.55 Å². The Morgan fingerprint density at radius 1 is 1.03 bits per heavy atom. The number of fused-ring (bicyclic) bond motifs is 5. The van der Waals surface area contributed by atoms with Gasteiger partial charge in [-0.15, -0.1) is 0 Å². The van der Waals surface area contributed by atoms with Crippen LogP contribution in [-0.2, 0) is 21.3 Å². The summed E-state index contributed by atoms with van der Waals surface area (Å²) < 4.78 is 57.5. The van der Waals surface area contributed by atoms with E-state index in [-0.39, 0.29) is 5.92 Å². The number of alkyl halides is 3. The highest BCUT2D eigenvalue weighted by Gasteiger charge is 2.44. The van der Waals surface area contributed by atoms with Crippen LogP contribution in [0, 0.1) is 18.8 Å². The Hall–Kier alpha value is -2.67. The summed E-state index contributed by atoms with van der Waals surface area (Å²) in [5.74, 6) is 4.16. The second-order valence-electron chi connectivity index (χ2n) is 10.6. The lowest BCUT2D eigenvalue weighted by Crippen LogP contribution is -2.21. The van der Waals surface area contributed by atoms with Crippen molar-refractivity contribution < 1.29 is 30.9 Å². The quantitative estimate of drug-likeness (QED) is 0.216. The third kappa shape index (κ3) is 4.71. The number of benzene rings is 2. The Morgan fingerprint density at radius 2 is 1.76 bits per heavy atom. The Bertz CT molecular complexity index is 1430. The highest BCUT2D eigenvalue weighted by Crippen LogP contribution is 2.53. The first-order valence-corrected chi connectivity index (χ1v) is 14.2. The Labute approximate surface area is 215 Å². The van der Waals surface area contributed by atoms with Crippen molar-refractivity contribution in [3.05, 3.63) is 69.8 Å². The molecular formula is C29H29F3O4S. The zero-order valence-corrected chi connectivity index (χ0v) is 21.4. The number of halogens is 3. The summed E-state index contributed by atoms with van der Waals surface area (Å²) in [4.78, 5) is 11.8. The highest BCUT2D eigenvalue weighted by atomic mass is 32.2. The van der Waals surface area contributed by atoms with Crippen molar-refractivity contribution in [2.45, 2.75) is 69.7 Å². The van der Waals surface area contributed by atoms with E-state index in [1.165, 1.54) is 64.6 Å². The molecule has 2 saturated carbocycles. The van der Waals surface area contributed by atoms with E-state index in [4.69, 9.17) is 13.0 Å². The van der Waals surface area contributed by atoms with Crippen LogP contribution in [0.15, 0.2) is 42.0 Å². The van der Waals surface area contributed by atoms with E-state index >= 15 is 0 Å². The molecule has 3 atom stereocenters. The van der Waals surface area contributed by atoms with Gasteiger partial charge in [0.2, 0.25) is 0 Å². The van der Waals surface area contributed by atoms with Crippen molar-refractivity contribution in [2.75, 3.05) is 0 Å². The van der Waals surface area contributed by atoms with Gasteiger partial charge in [-0.1, -0.05) is 36.8 Å². The van der Waals surface area contributed by atoms with Gasteiger partial charge in [-0.2, -0.15) is 21.6 Å². The maximum Gasteiger partial charge on any atom is 0.522 e. The standard InChI is InChI=1S/C28H28O.CHF3O3S/c1-17-24(25-13-18-10-11-20(25)12-18)15-26-22-8-4-2-6-19(22)14-27(26)28(17)23-9-5-3-7-21(23)16-29;2-1(3,4)8(5,6)7/h2,4,6,8,13,15,18,20,23H,3,5,7,9-12,14H2,1H3;(H,5,6,7). The molecule has 4 aliphatic carbocycles. The monoisotopic (exact) mass is 530 g/mol. The zero-order valence-electron chi connectivity index (χ0n) is 20.6. The highest BCUT2D eigenvalue weighted by molar-refractivity contribution is 7.86. The van der Waals surface area contributed by atoms with Crippen LogP contribution in [0.2, 0.25) is 0 Å². The number of hydrogen-bond acceptors (Lipinski definition) is 3. The van der Waals surface area contributed by atoms with Gasteiger partial charge in [0.15, 0.2) is 0 Å². The Balaban J connectivity index is 0.000000307. The van der Waals surface area contributed by atoms with Gasteiger partial charge < -0.3 is 0 Å². The minimum absolute atomic E-state index is 0.267. The number of hydrogen-bond donors (Lipinski definition) is 1. The topological polar surface area (TPSA) is 71.4 Å². The Morgan fingerprint density at radius 3 is 2.38 bits per heavy atom. The van der Waals surface area contributed by atoms with Gasteiger partial charge in [0.1, 0.15) is 5.94 Å². The molecule has 0 heterocycles. The van der Waals surface area contributed by atoms with Gasteiger partial charge in [0, 0.05) is 11.5 Å². The minimum Gasteiger partial charge on any atom is -0.279 e. The van der Waals surface area contributed by atoms with Crippen LogP contribution in [0.4, 0.5) is 13.2 Å². The first-order valence-electron chi connectivity index (χ1n) is 12.7. The largest absolute Gasteiger partial charge is 0.522 e. The summed E-state index contributed by atoms with van der Waals surface area (Å²) in [6.45, 7) is 2.33. The number of allylic oxidation sites excluding steroid dienone is 3. The molecule has 0 saturated heterocycles. The smallest absolute Gasteiger partial charge is 0.279 e. The van der Waals surface area contributed by atoms with Gasteiger partial charge in [-0.05, 0) is 114 Å². The van der Waals surface area contributed by atoms with E-state index in [0.29, 0.717) is 0 Å². The van der Waals surface area contributed by atoms with Crippen LogP contribution >= 0.6 is 0 Å². The molecule has 0 aromatic heterocycles. The van der Waals surface area contributed by atoms with Gasteiger partial charge >= 0.3 is 15.6 Å². The third-order valence-electron chi connectivity index (χ3n) is 8.44. The summed E-state index contributed by atoms with van der Waals surface area (Å²) >= 11 is 0. The summed E-state index contributed by atoms with van der Waals surface area (Å²) in [5, 5.41) is 0. The molecule has 2 bridgehead atoms. The SMILES string of the molecule is Cc1c(C2=CC3CCC2C3)cc2c(c1C1CCCCC1=C=O)Cc1ccccc1-2.O=S(=O)(O)C(F)(F)F. The van der Waals surface area contributed by atoms with Crippen molar-refractivity contribution in [3.8, 4) is 11.1 Å². The average Bonchev–Trinajstić information content (AvgIpc) is 3.57. The maximum absolute atomic E-state index is 11.8. The van der Waals surface area contributed by atoms with Crippen molar-refractivity contribution in [3.63, 3.8) is 0 Å². The molecule has 0 aliphatic heterocycles. The van der Waals surface area contributed by atoms with Crippen LogP contribution in [0.3, 0.4) is 0 Å². The van der Waals surface area contributed by atoms with Crippen LogP contribution < -0.4 is 0 Å². The molecule has 3 unspecified atom stereocenters. The summed E-state index contributed by atoms with van der Waals surface area (Å²) in [7, 11) is -5.84. The number of rotatable bonds is 2. The lowest BCUT2D eigenvalue weighted by Gasteiger charge is -2.29. The molecule has 196 valence electrons. The number of carbonyl (C=O) groups excluding carboxylic acids is 1. The van der Waals surface area contributed by atoms with E-state index in [9.17, 15) is 18.0 Å². The summed E-state index contributed by atoms with van der Waals surface area (Å²) in [6, 6.07) is 11.4.